The van der Waals surface area contributed by atoms with Crippen LogP contribution < -0.4 is 5.32 Å². The third-order valence-corrected chi connectivity index (χ3v) is 5.30. The van der Waals surface area contributed by atoms with Gasteiger partial charge < -0.3 is 0 Å². The summed E-state index contributed by atoms with van der Waals surface area (Å²) >= 11 is 2.17. The molecule has 2 nitrogen and oxygen atoms in total. The topological polar surface area (TPSA) is 35.8 Å². The van der Waals surface area contributed by atoms with Gasteiger partial charge in [-0.2, -0.15) is 17.0 Å². The Morgan fingerprint density at radius 1 is 1.26 bits per heavy atom. The predicted octanol–water partition coefficient (Wildman–Crippen LogP) is 4.50. The van der Waals surface area contributed by atoms with Crippen LogP contribution in [0.2, 0.25) is 0 Å². The molecular weight excluding hydrogens is 252 g/mol. The number of rotatable bonds is 8. The molecule has 0 aromatic rings. The highest BCUT2D eigenvalue weighted by Crippen LogP contribution is 2.29. The van der Waals surface area contributed by atoms with E-state index in [1.807, 2.05) is 6.92 Å². The molecule has 0 saturated heterocycles. The fourth-order valence-corrected chi connectivity index (χ4v) is 4.23. The first-order valence-corrected chi connectivity index (χ1v) is 8.91. The highest BCUT2D eigenvalue weighted by Gasteiger charge is 2.23. The monoisotopic (exact) mass is 282 g/mol. The lowest BCUT2D eigenvalue weighted by atomic mass is 9.96. The van der Waals surface area contributed by atoms with Crippen molar-refractivity contribution < 1.29 is 0 Å². The lowest BCUT2D eigenvalue weighted by molar-refractivity contribution is 0.372. The average Bonchev–Trinajstić information content (AvgIpc) is 2.39. The minimum absolute atomic E-state index is 0.344. The number of hydrogen-bond donors (Lipinski definition) is 1. The van der Waals surface area contributed by atoms with Crippen LogP contribution in [-0.4, -0.2) is 22.6 Å². The van der Waals surface area contributed by atoms with Gasteiger partial charge in [0.05, 0.1) is 6.07 Å². The number of unbranched alkanes of at least 4 members (excludes halogenated alkanes) is 1. The Bertz CT molecular complexity index is 279. The van der Waals surface area contributed by atoms with Crippen LogP contribution in [-0.2, 0) is 0 Å². The van der Waals surface area contributed by atoms with E-state index < -0.39 is 0 Å². The van der Waals surface area contributed by atoms with Crippen molar-refractivity contribution in [2.45, 2.75) is 89.0 Å². The van der Waals surface area contributed by atoms with Crippen LogP contribution in [0.15, 0.2) is 0 Å². The van der Waals surface area contributed by atoms with E-state index in [1.54, 1.807) is 0 Å². The summed E-state index contributed by atoms with van der Waals surface area (Å²) < 4.78 is 0. The van der Waals surface area contributed by atoms with Crippen LogP contribution in [0.4, 0.5) is 0 Å². The maximum absolute atomic E-state index is 9.28. The molecule has 19 heavy (non-hydrogen) atoms. The smallest absolute Gasteiger partial charge is 0.104 e. The van der Waals surface area contributed by atoms with Gasteiger partial charge in [0, 0.05) is 11.3 Å². The maximum atomic E-state index is 9.28. The number of thioether (sulfide) groups is 1. The molecular formula is C16H30N2S. The van der Waals surface area contributed by atoms with Crippen molar-refractivity contribution in [2.75, 3.05) is 5.75 Å². The third kappa shape index (κ3) is 7.22. The van der Waals surface area contributed by atoms with Crippen molar-refractivity contribution in [1.82, 2.24) is 5.32 Å². The molecule has 1 unspecified atom stereocenters. The quantitative estimate of drug-likeness (QED) is 0.666. The van der Waals surface area contributed by atoms with Gasteiger partial charge in [0.1, 0.15) is 5.54 Å². The van der Waals surface area contributed by atoms with E-state index in [9.17, 15) is 5.26 Å². The zero-order valence-corrected chi connectivity index (χ0v) is 13.7. The van der Waals surface area contributed by atoms with Crippen molar-refractivity contribution in [3.63, 3.8) is 0 Å². The van der Waals surface area contributed by atoms with Gasteiger partial charge in [-0.25, -0.2) is 0 Å². The molecule has 110 valence electrons. The molecule has 3 heteroatoms. The van der Waals surface area contributed by atoms with E-state index in [0.29, 0.717) is 6.04 Å². The highest BCUT2D eigenvalue weighted by molar-refractivity contribution is 7.99. The molecule has 1 N–H and O–H groups in total. The van der Waals surface area contributed by atoms with E-state index in [1.165, 1.54) is 44.3 Å². The molecule has 0 radical (unpaired) electrons. The van der Waals surface area contributed by atoms with Gasteiger partial charge in [-0.3, -0.25) is 5.32 Å². The van der Waals surface area contributed by atoms with Crippen molar-refractivity contribution in [3.8, 4) is 6.07 Å². The second-order valence-electron chi connectivity index (χ2n) is 6.33. The summed E-state index contributed by atoms with van der Waals surface area (Å²) in [5, 5.41) is 13.6. The average molecular weight is 282 g/mol. The summed E-state index contributed by atoms with van der Waals surface area (Å²) in [6.07, 6.45) is 10.5. The van der Waals surface area contributed by atoms with Gasteiger partial charge in [-0.05, 0) is 58.6 Å². The second kappa shape index (κ2) is 8.87. The number of nitriles is 1. The zero-order valence-electron chi connectivity index (χ0n) is 12.9. The number of hydrogen-bond acceptors (Lipinski definition) is 3. The zero-order chi connectivity index (χ0) is 14.1. The molecule has 0 bridgehead atoms. The van der Waals surface area contributed by atoms with Gasteiger partial charge in [0.15, 0.2) is 0 Å². The Balaban J connectivity index is 2.10. The molecule has 1 aliphatic carbocycles. The van der Waals surface area contributed by atoms with E-state index in [-0.39, 0.29) is 5.54 Å². The molecule has 1 atom stereocenters. The summed E-state index contributed by atoms with van der Waals surface area (Å²) in [7, 11) is 0. The molecule has 1 aliphatic rings. The third-order valence-electron chi connectivity index (χ3n) is 3.83. The fraction of sp³-hybridized carbons (Fsp3) is 0.938. The van der Waals surface area contributed by atoms with Crippen molar-refractivity contribution in [1.29, 1.82) is 5.26 Å². The molecule has 1 fully saturated rings. The Hall–Kier alpha value is -0.200. The van der Waals surface area contributed by atoms with E-state index in [0.717, 1.165) is 18.1 Å². The first-order chi connectivity index (χ1) is 9.06. The summed E-state index contributed by atoms with van der Waals surface area (Å²) in [5.74, 6) is 1.27. The van der Waals surface area contributed by atoms with E-state index in [2.05, 4.69) is 37.0 Å². The molecule has 1 rings (SSSR count). The predicted molar refractivity (Wildman–Crippen MR) is 85.5 cm³/mol. The van der Waals surface area contributed by atoms with Crippen LogP contribution in [0, 0.1) is 11.3 Å². The first-order valence-electron chi connectivity index (χ1n) is 7.86. The van der Waals surface area contributed by atoms with Gasteiger partial charge in [0.2, 0.25) is 0 Å². The summed E-state index contributed by atoms with van der Waals surface area (Å²) in [4.78, 5) is 0. The minimum atomic E-state index is -0.344. The van der Waals surface area contributed by atoms with Crippen molar-refractivity contribution in [3.05, 3.63) is 0 Å². The molecule has 1 saturated carbocycles. The first kappa shape index (κ1) is 16.9. The molecule has 0 spiro atoms. The van der Waals surface area contributed by atoms with E-state index >= 15 is 0 Å². The van der Waals surface area contributed by atoms with Crippen LogP contribution in [0.25, 0.3) is 0 Å². The van der Waals surface area contributed by atoms with Crippen molar-refractivity contribution in [2.24, 2.45) is 0 Å². The maximum Gasteiger partial charge on any atom is 0.104 e. The Kier molecular flexibility index (Phi) is 7.87. The molecule has 0 heterocycles. The normalized spacial score (nSPS) is 20.2. The van der Waals surface area contributed by atoms with Crippen molar-refractivity contribution >= 4 is 11.8 Å². The second-order valence-corrected chi connectivity index (χ2v) is 7.74. The largest absolute Gasteiger partial charge is 0.297 e. The Labute approximate surface area is 123 Å². The molecule has 0 aromatic carbocycles. The Morgan fingerprint density at radius 3 is 2.53 bits per heavy atom. The van der Waals surface area contributed by atoms with E-state index in [4.69, 9.17) is 0 Å². The standard InChI is InChI=1S/C16H30N2S/c1-14(2)18-16(3,13-17)11-7-8-12-19-15-9-5-4-6-10-15/h14-15,18H,4-12H2,1-3H3. The van der Waals surface area contributed by atoms with Gasteiger partial charge >= 0.3 is 0 Å². The lowest BCUT2D eigenvalue weighted by Gasteiger charge is -2.26. The van der Waals surface area contributed by atoms with Gasteiger partial charge in [-0.1, -0.05) is 19.3 Å². The van der Waals surface area contributed by atoms with Crippen LogP contribution in [0.1, 0.15) is 72.1 Å². The summed E-state index contributed by atoms with van der Waals surface area (Å²) in [5.41, 5.74) is -0.344. The summed E-state index contributed by atoms with van der Waals surface area (Å²) in [6.45, 7) is 6.24. The summed E-state index contributed by atoms with van der Waals surface area (Å²) in [6, 6.07) is 2.81. The molecule has 0 aliphatic heterocycles. The van der Waals surface area contributed by atoms with Crippen LogP contribution in [0.3, 0.4) is 0 Å². The molecule has 0 aromatic heterocycles. The van der Waals surface area contributed by atoms with Crippen LogP contribution in [0.5, 0.6) is 0 Å². The SMILES string of the molecule is CC(C)NC(C)(C#N)CCCCSC1CCCCC1. The highest BCUT2D eigenvalue weighted by atomic mass is 32.2. The van der Waals surface area contributed by atoms with Gasteiger partial charge in [0.25, 0.3) is 0 Å². The molecule has 0 amide bonds. The minimum Gasteiger partial charge on any atom is -0.297 e. The number of nitrogens with zero attached hydrogens (tertiary/aromatic N) is 1. The number of nitrogens with one attached hydrogen (secondary N) is 1. The lowest BCUT2D eigenvalue weighted by Crippen LogP contribution is -2.44. The van der Waals surface area contributed by atoms with Gasteiger partial charge in [-0.15, -0.1) is 0 Å². The fourth-order valence-electron chi connectivity index (χ4n) is 2.86. The van der Waals surface area contributed by atoms with Crippen LogP contribution >= 0.6 is 11.8 Å². The Morgan fingerprint density at radius 2 is 1.95 bits per heavy atom.